The van der Waals surface area contributed by atoms with E-state index >= 15 is 0 Å². The first kappa shape index (κ1) is 9.82. The van der Waals surface area contributed by atoms with Crippen molar-refractivity contribution in [3.63, 3.8) is 0 Å². The van der Waals surface area contributed by atoms with Crippen molar-refractivity contribution in [3.05, 3.63) is 46.9 Å². The van der Waals surface area contributed by atoms with E-state index in [0.717, 1.165) is 5.69 Å². The van der Waals surface area contributed by atoms with Gasteiger partial charge in [-0.2, -0.15) is 0 Å². The van der Waals surface area contributed by atoms with Crippen molar-refractivity contribution in [3.8, 4) is 0 Å². The molecule has 0 saturated carbocycles. The Balaban J connectivity index is 2.32. The van der Waals surface area contributed by atoms with Crippen molar-refractivity contribution in [1.29, 1.82) is 0 Å². The second-order valence-corrected chi connectivity index (χ2v) is 3.50. The van der Waals surface area contributed by atoms with E-state index in [9.17, 15) is 0 Å². The quantitative estimate of drug-likeness (QED) is 0.462. The largest absolute Gasteiger partial charge is 0.290 e. The van der Waals surface area contributed by atoms with Gasteiger partial charge in [0.2, 0.25) is 0 Å². The number of thiazole rings is 1. The van der Waals surface area contributed by atoms with Gasteiger partial charge in [0.15, 0.2) is 5.84 Å². The van der Waals surface area contributed by atoms with E-state index in [-0.39, 0.29) is 0 Å². The average molecular weight is 219 g/mol. The van der Waals surface area contributed by atoms with E-state index in [1.54, 1.807) is 5.51 Å². The SMILES string of the molecule is ONC(=Nc1ccccc1)c1cscn1. The van der Waals surface area contributed by atoms with E-state index in [4.69, 9.17) is 5.21 Å². The number of aliphatic imine (C=N–C) groups is 1. The normalized spacial score (nSPS) is 11.4. The number of hydrogen-bond acceptors (Lipinski definition) is 4. The topological polar surface area (TPSA) is 57.5 Å². The number of amidine groups is 1. The molecule has 76 valence electrons. The fourth-order valence-corrected chi connectivity index (χ4v) is 1.64. The first-order valence-corrected chi connectivity index (χ1v) is 5.27. The van der Waals surface area contributed by atoms with Gasteiger partial charge in [-0.05, 0) is 12.1 Å². The Kier molecular flexibility index (Phi) is 3.06. The third kappa shape index (κ3) is 2.39. The molecule has 2 N–H and O–H groups in total. The maximum absolute atomic E-state index is 8.94. The van der Waals surface area contributed by atoms with Gasteiger partial charge in [0, 0.05) is 5.38 Å². The molecule has 0 fully saturated rings. The average Bonchev–Trinajstić information content (AvgIpc) is 2.81. The zero-order chi connectivity index (χ0) is 10.5. The van der Waals surface area contributed by atoms with Crippen molar-refractivity contribution in [2.75, 3.05) is 0 Å². The number of hydrogen-bond donors (Lipinski definition) is 2. The summed E-state index contributed by atoms with van der Waals surface area (Å²) in [5, 5.41) is 10.8. The number of nitrogens with zero attached hydrogens (tertiary/aromatic N) is 2. The van der Waals surface area contributed by atoms with Crippen LogP contribution in [0, 0.1) is 0 Å². The highest BCUT2D eigenvalue weighted by atomic mass is 32.1. The van der Waals surface area contributed by atoms with Crippen molar-refractivity contribution in [2.24, 2.45) is 4.99 Å². The Morgan fingerprint density at radius 3 is 2.73 bits per heavy atom. The van der Waals surface area contributed by atoms with Crippen LogP contribution in [0.1, 0.15) is 5.69 Å². The summed E-state index contributed by atoms with van der Waals surface area (Å²) >= 11 is 1.45. The molecule has 0 unspecified atom stereocenters. The fraction of sp³-hybridized carbons (Fsp3) is 0. The molecule has 15 heavy (non-hydrogen) atoms. The van der Waals surface area contributed by atoms with Gasteiger partial charge < -0.3 is 0 Å². The highest BCUT2D eigenvalue weighted by Gasteiger charge is 2.03. The summed E-state index contributed by atoms with van der Waals surface area (Å²) < 4.78 is 0. The first-order valence-electron chi connectivity index (χ1n) is 4.32. The third-order valence-electron chi connectivity index (χ3n) is 1.78. The molecule has 0 amide bonds. The van der Waals surface area contributed by atoms with Gasteiger partial charge in [0.1, 0.15) is 5.69 Å². The number of rotatable bonds is 2. The highest BCUT2D eigenvalue weighted by Crippen LogP contribution is 2.12. The summed E-state index contributed by atoms with van der Waals surface area (Å²) in [7, 11) is 0. The molecular formula is C10H9N3OS. The zero-order valence-electron chi connectivity index (χ0n) is 7.79. The van der Waals surface area contributed by atoms with Gasteiger partial charge in [-0.3, -0.25) is 10.7 Å². The fourth-order valence-electron chi connectivity index (χ4n) is 1.10. The summed E-state index contributed by atoms with van der Waals surface area (Å²) in [5.41, 5.74) is 5.13. The Hall–Kier alpha value is -1.72. The minimum absolute atomic E-state index is 0.349. The highest BCUT2D eigenvalue weighted by molar-refractivity contribution is 7.07. The summed E-state index contributed by atoms with van der Waals surface area (Å²) in [6.45, 7) is 0. The number of nitrogens with one attached hydrogen (secondary N) is 1. The molecule has 2 rings (SSSR count). The van der Waals surface area contributed by atoms with Gasteiger partial charge in [-0.15, -0.1) is 11.3 Å². The first-order chi connectivity index (χ1) is 7.40. The molecule has 0 aliphatic rings. The Bertz CT molecular complexity index is 439. The van der Waals surface area contributed by atoms with Gasteiger partial charge in [0.25, 0.3) is 0 Å². The van der Waals surface area contributed by atoms with Crippen LogP contribution in [-0.2, 0) is 0 Å². The standard InChI is InChI=1S/C10H9N3OS/c14-13-10(9-6-15-7-11-9)12-8-4-2-1-3-5-8/h1-7,14H,(H,12,13). The van der Waals surface area contributed by atoms with Crippen LogP contribution in [0.2, 0.25) is 0 Å². The molecule has 2 aromatic rings. The lowest BCUT2D eigenvalue weighted by molar-refractivity contribution is 0.235. The molecule has 0 saturated heterocycles. The molecule has 0 bridgehead atoms. The molecule has 0 aliphatic heterocycles. The van der Waals surface area contributed by atoms with E-state index in [1.165, 1.54) is 11.3 Å². The van der Waals surface area contributed by atoms with Crippen molar-refractivity contribution >= 4 is 22.9 Å². The van der Waals surface area contributed by atoms with Crippen LogP contribution in [0.3, 0.4) is 0 Å². The molecule has 0 spiro atoms. The van der Waals surface area contributed by atoms with E-state index < -0.39 is 0 Å². The lowest BCUT2D eigenvalue weighted by Crippen LogP contribution is -2.20. The van der Waals surface area contributed by atoms with Gasteiger partial charge in [0.05, 0.1) is 11.2 Å². The summed E-state index contributed by atoms with van der Waals surface area (Å²) in [6.07, 6.45) is 0. The molecule has 0 aliphatic carbocycles. The van der Waals surface area contributed by atoms with Crippen LogP contribution < -0.4 is 5.48 Å². The third-order valence-corrected chi connectivity index (χ3v) is 2.36. The zero-order valence-corrected chi connectivity index (χ0v) is 8.61. The second-order valence-electron chi connectivity index (χ2n) is 2.78. The maximum Gasteiger partial charge on any atom is 0.177 e. The van der Waals surface area contributed by atoms with Crippen LogP contribution in [-0.4, -0.2) is 16.0 Å². The lowest BCUT2D eigenvalue weighted by atomic mass is 10.3. The van der Waals surface area contributed by atoms with E-state index in [1.807, 2.05) is 41.2 Å². The summed E-state index contributed by atoms with van der Waals surface area (Å²) in [4.78, 5) is 8.27. The predicted molar refractivity (Wildman–Crippen MR) is 59.7 cm³/mol. The summed E-state index contributed by atoms with van der Waals surface area (Å²) in [5.74, 6) is 0.349. The number of benzene rings is 1. The van der Waals surface area contributed by atoms with Crippen molar-refractivity contribution < 1.29 is 5.21 Å². The van der Waals surface area contributed by atoms with Crippen LogP contribution >= 0.6 is 11.3 Å². The molecule has 5 heteroatoms. The Labute approximate surface area is 90.9 Å². The number of para-hydroxylation sites is 1. The van der Waals surface area contributed by atoms with E-state index in [0.29, 0.717) is 11.5 Å². The van der Waals surface area contributed by atoms with Crippen LogP contribution in [0.25, 0.3) is 0 Å². The van der Waals surface area contributed by atoms with Crippen LogP contribution in [0.5, 0.6) is 0 Å². The molecule has 1 aromatic carbocycles. The van der Waals surface area contributed by atoms with Crippen molar-refractivity contribution in [2.45, 2.75) is 0 Å². The smallest absolute Gasteiger partial charge is 0.177 e. The number of aromatic nitrogens is 1. The maximum atomic E-state index is 8.94. The number of hydroxylamine groups is 1. The minimum Gasteiger partial charge on any atom is -0.290 e. The minimum atomic E-state index is 0.349. The molecule has 0 atom stereocenters. The van der Waals surface area contributed by atoms with Crippen LogP contribution in [0.4, 0.5) is 5.69 Å². The summed E-state index contributed by atoms with van der Waals surface area (Å²) in [6, 6.07) is 9.38. The van der Waals surface area contributed by atoms with Gasteiger partial charge in [-0.1, -0.05) is 18.2 Å². The molecule has 4 nitrogen and oxygen atoms in total. The Morgan fingerprint density at radius 2 is 2.13 bits per heavy atom. The molecule has 1 aromatic heterocycles. The molecule has 1 heterocycles. The van der Waals surface area contributed by atoms with Crippen LogP contribution in [0.15, 0.2) is 46.2 Å². The van der Waals surface area contributed by atoms with Crippen molar-refractivity contribution in [1.82, 2.24) is 10.5 Å². The predicted octanol–water partition coefficient (Wildman–Crippen LogP) is 2.20. The lowest BCUT2D eigenvalue weighted by Gasteiger charge is -2.00. The molecule has 0 radical (unpaired) electrons. The molecular weight excluding hydrogens is 210 g/mol. The van der Waals surface area contributed by atoms with Gasteiger partial charge >= 0.3 is 0 Å². The Morgan fingerprint density at radius 1 is 1.33 bits per heavy atom. The van der Waals surface area contributed by atoms with Gasteiger partial charge in [-0.25, -0.2) is 9.98 Å². The second kappa shape index (κ2) is 4.68. The van der Waals surface area contributed by atoms with E-state index in [2.05, 4.69) is 9.98 Å². The monoisotopic (exact) mass is 219 g/mol.